The Bertz CT molecular complexity index is 784. The van der Waals surface area contributed by atoms with E-state index in [1.807, 2.05) is 18.2 Å². The van der Waals surface area contributed by atoms with Gasteiger partial charge >= 0.3 is 6.18 Å². The lowest BCUT2D eigenvalue weighted by molar-refractivity contribution is -0.137. The predicted octanol–water partition coefficient (Wildman–Crippen LogP) is 5.69. The van der Waals surface area contributed by atoms with Gasteiger partial charge in [-0.1, -0.05) is 57.2 Å². The molecule has 0 bridgehead atoms. The van der Waals surface area contributed by atoms with Gasteiger partial charge in [0.15, 0.2) is 0 Å². The zero-order valence-electron chi connectivity index (χ0n) is 15.0. The summed E-state index contributed by atoms with van der Waals surface area (Å²) in [5, 5.41) is 2.65. The molecule has 2 aromatic carbocycles. The molecular formula is C21H22F3NO. The molecule has 0 saturated heterocycles. The van der Waals surface area contributed by atoms with Crippen LogP contribution in [-0.4, -0.2) is 5.91 Å². The van der Waals surface area contributed by atoms with Gasteiger partial charge in [0, 0.05) is 12.1 Å². The molecule has 0 fully saturated rings. The summed E-state index contributed by atoms with van der Waals surface area (Å²) in [5.74, 6) is -0.325. The number of amides is 1. The van der Waals surface area contributed by atoms with Crippen molar-refractivity contribution in [3.63, 3.8) is 0 Å². The third-order valence-corrected chi connectivity index (χ3v) is 3.66. The molecule has 138 valence electrons. The highest BCUT2D eigenvalue weighted by molar-refractivity contribution is 5.94. The van der Waals surface area contributed by atoms with Crippen LogP contribution in [0.2, 0.25) is 0 Å². The van der Waals surface area contributed by atoms with Gasteiger partial charge in [-0.25, -0.2) is 0 Å². The van der Waals surface area contributed by atoms with Gasteiger partial charge in [0.05, 0.1) is 5.56 Å². The first-order chi connectivity index (χ1) is 12.0. The van der Waals surface area contributed by atoms with Crippen molar-refractivity contribution in [1.82, 2.24) is 5.32 Å². The van der Waals surface area contributed by atoms with E-state index in [2.05, 4.69) is 32.2 Å². The molecule has 0 heterocycles. The van der Waals surface area contributed by atoms with Crippen LogP contribution in [0.3, 0.4) is 0 Å². The van der Waals surface area contributed by atoms with E-state index < -0.39 is 11.7 Å². The van der Waals surface area contributed by atoms with Crippen LogP contribution in [0.1, 0.15) is 47.8 Å². The lowest BCUT2D eigenvalue weighted by atomic mass is 9.95. The molecule has 0 aliphatic heterocycles. The minimum Gasteiger partial charge on any atom is -0.348 e. The zero-order chi connectivity index (χ0) is 19.4. The molecule has 2 rings (SSSR count). The number of alkyl halides is 3. The topological polar surface area (TPSA) is 29.1 Å². The normalized spacial score (nSPS) is 12.4. The standard InChI is InChI=1S/C21H22F3NO/c1-20(2,3)12-11-15-7-9-17(10-8-15)19(26)25-14-16-5-4-6-18(13-16)21(22,23)24/h4-13H,14H2,1-3H3,(H,25,26). The lowest BCUT2D eigenvalue weighted by Gasteiger charge is -2.11. The Morgan fingerprint density at radius 3 is 2.27 bits per heavy atom. The number of nitrogens with one attached hydrogen (secondary N) is 1. The third-order valence-electron chi connectivity index (χ3n) is 3.66. The fourth-order valence-electron chi connectivity index (χ4n) is 2.23. The second kappa shape index (κ2) is 7.77. The molecule has 0 aliphatic rings. The van der Waals surface area contributed by atoms with Crippen LogP contribution < -0.4 is 5.32 Å². The van der Waals surface area contributed by atoms with E-state index in [9.17, 15) is 18.0 Å². The largest absolute Gasteiger partial charge is 0.416 e. The first kappa shape index (κ1) is 19.8. The predicted molar refractivity (Wildman–Crippen MR) is 97.5 cm³/mol. The second-order valence-electron chi connectivity index (χ2n) is 7.20. The monoisotopic (exact) mass is 361 g/mol. The highest BCUT2D eigenvalue weighted by atomic mass is 19.4. The Hall–Kier alpha value is -2.56. The maximum absolute atomic E-state index is 12.7. The molecule has 0 radical (unpaired) electrons. The summed E-state index contributed by atoms with van der Waals surface area (Å²) in [7, 11) is 0. The summed E-state index contributed by atoms with van der Waals surface area (Å²) in [6, 6.07) is 12.0. The summed E-state index contributed by atoms with van der Waals surface area (Å²) in [6.45, 7) is 6.33. The average Bonchev–Trinajstić information content (AvgIpc) is 2.57. The van der Waals surface area contributed by atoms with Crippen LogP contribution in [0, 0.1) is 5.41 Å². The first-order valence-electron chi connectivity index (χ1n) is 8.28. The molecule has 0 spiro atoms. The summed E-state index contributed by atoms with van der Waals surface area (Å²) < 4.78 is 38.1. The number of hydrogen-bond acceptors (Lipinski definition) is 1. The van der Waals surface area contributed by atoms with Crippen molar-refractivity contribution in [3.05, 3.63) is 76.9 Å². The molecule has 0 saturated carbocycles. The van der Waals surface area contributed by atoms with E-state index in [1.54, 1.807) is 18.2 Å². The molecular weight excluding hydrogens is 339 g/mol. The van der Waals surface area contributed by atoms with Crippen molar-refractivity contribution < 1.29 is 18.0 Å². The van der Waals surface area contributed by atoms with Crippen LogP contribution in [-0.2, 0) is 12.7 Å². The number of carbonyl (C=O) groups excluding carboxylic acids is 1. The second-order valence-corrected chi connectivity index (χ2v) is 7.20. The average molecular weight is 361 g/mol. The van der Waals surface area contributed by atoms with E-state index in [1.165, 1.54) is 6.07 Å². The SMILES string of the molecule is CC(C)(C)C=Cc1ccc(C(=O)NCc2cccc(C(F)(F)F)c2)cc1. The summed E-state index contributed by atoms with van der Waals surface area (Å²) in [4.78, 5) is 12.2. The lowest BCUT2D eigenvalue weighted by Crippen LogP contribution is -2.23. The molecule has 26 heavy (non-hydrogen) atoms. The number of carbonyl (C=O) groups is 1. The number of benzene rings is 2. The number of allylic oxidation sites excluding steroid dienone is 1. The van der Waals surface area contributed by atoms with Gasteiger partial charge in [0.1, 0.15) is 0 Å². The minimum absolute atomic E-state index is 0.0361. The van der Waals surface area contributed by atoms with Gasteiger partial charge in [-0.2, -0.15) is 13.2 Å². The van der Waals surface area contributed by atoms with Crippen LogP contribution in [0.15, 0.2) is 54.6 Å². The van der Waals surface area contributed by atoms with Gasteiger partial charge in [-0.15, -0.1) is 0 Å². The maximum Gasteiger partial charge on any atom is 0.416 e. The summed E-state index contributed by atoms with van der Waals surface area (Å²) in [6.07, 6.45) is -0.323. The minimum atomic E-state index is -4.39. The van der Waals surface area contributed by atoms with Crippen molar-refractivity contribution >= 4 is 12.0 Å². The Morgan fingerprint density at radius 2 is 1.69 bits per heavy atom. The molecule has 0 atom stereocenters. The van der Waals surface area contributed by atoms with Crippen LogP contribution in [0.5, 0.6) is 0 Å². The first-order valence-corrected chi connectivity index (χ1v) is 8.28. The van der Waals surface area contributed by atoms with Crippen LogP contribution in [0.4, 0.5) is 13.2 Å². The van der Waals surface area contributed by atoms with E-state index in [-0.39, 0.29) is 17.9 Å². The molecule has 0 aliphatic carbocycles. The van der Waals surface area contributed by atoms with Crippen molar-refractivity contribution in [2.45, 2.75) is 33.5 Å². The van der Waals surface area contributed by atoms with Gasteiger partial charge < -0.3 is 5.32 Å². The van der Waals surface area contributed by atoms with E-state index in [0.717, 1.165) is 17.7 Å². The summed E-state index contributed by atoms with van der Waals surface area (Å²) in [5.41, 5.74) is 1.19. The highest BCUT2D eigenvalue weighted by Gasteiger charge is 2.30. The van der Waals surface area contributed by atoms with Crippen molar-refractivity contribution in [2.75, 3.05) is 0 Å². The number of rotatable bonds is 4. The van der Waals surface area contributed by atoms with Gasteiger partial charge in [0.25, 0.3) is 5.91 Å². The quantitative estimate of drug-likeness (QED) is 0.744. The van der Waals surface area contributed by atoms with Crippen molar-refractivity contribution in [3.8, 4) is 0 Å². The van der Waals surface area contributed by atoms with Gasteiger partial charge in [0.2, 0.25) is 0 Å². The maximum atomic E-state index is 12.7. The van der Waals surface area contributed by atoms with E-state index in [0.29, 0.717) is 11.1 Å². The Balaban J connectivity index is 1.99. The van der Waals surface area contributed by atoms with Crippen LogP contribution >= 0.6 is 0 Å². The van der Waals surface area contributed by atoms with Crippen molar-refractivity contribution in [2.24, 2.45) is 5.41 Å². The molecule has 0 aromatic heterocycles. The third kappa shape index (κ3) is 6.06. The fraction of sp³-hybridized carbons (Fsp3) is 0.286. The highest BCUT2D eigenvalue weighted by Crippen LogP contribution is 2.29. The number of hydrogen-bond donors (Lipinski definition) is 1. The molecule has 5 heteroatoms. The van der Waals surface area contributed by atoms with Crippen LogP contribution in [0.25, 0.3) is 6.08 Å². The van der Waals surface area contributed by atoms with Gasteiger partial charge in [-0.05, 0) is 40.8 Å². The van der Waals surface area contributed by atoms with Crippen molar-refractivity contribution in [1.29, 1.82) is 0 Å². The van der Waals surface area contributed by atoms with E-state index >= 15 is 0 Å². The summed E-state index contributed by atoms with van der Waals surface area (Å²) >= 11 is 0. The van der Waals surface area contributed by atoms with E-state index in [4.69, 9.17) is 0 Å². The molecule has 0 unspecified atom stereocenters. The molecule has 1 N–H and O–H groups in total. The Morgan fingerprint density at radius 1 is 1.04 bits per heavy atom. The number of halogens is 3. The Kier molecular flexibility index (Phi) is 5.90. The zero-order valence-corrected chi connectivity index (χ0v) is 15.0. The van der Waals surface area contributed by atoms with Gasteiger partial charge in [-0.3, -0.25) is 4.79 Å². The smallest absolute Gasteiger partial charge is 0.348 e. The molecule has 1 amide bonds. The molecule has 2 aromatic rings. The fourth-order valence-corrected chi connectivity index (χ4v) is 2.23. The molecule has 2 nitrogen and oxygen atoms in total. The Labute approximate surface area is 151 Å².